The first-order valence-electron chi connectivity index (χ1n) is 7.14. The number of carbonyl (C=O) groups is 1. The highest BCUT2D eigenvalue weighted by molar-refractivity contribution is 7.89. The lowest BCUT2D eigenvalue weighted by Crippen LogP contribution is -2.48. The van der Waals surface area contributed by atoms with E-state index in [1.165, 1.54) is 29.4 Å². The third-order valence-corrected chi connectivity index (χ3v) is 5.58. The zero-order valence-corrected chi connectivity index (χ0v) is 13.2. The molecule has 0 spiro atoms. The fraction of sp³-hybridized carbons (Fsp3) is 0.500. The van der Waals surface area contributed by atoms with Crippen LogP contribution in [-0.2, 0) is 14.8 Å². The van der Waals surface area contributed by atoms with Crippen LogP contribution in [0.25, 0.3) is 0 Å². The normalized spacial score (nSPS) is 17.9. The van der Waals surface area contributed by atoms with E-state index in [0.717, 1.165) is 0 Å². The van der Waals surface area contributed by atoms with E-state index in [-0.39, 0.29) is 11.4 Å². The highest BCUT2D eigenvalue weighted by atomic mass is 32.2. The van der Waals surface area contributed by atoms with Crippen LogP contribution in [0.5, 0.6) is 0 Å². The summed E-state index contributed by atoms with van der Waals surface area (Å²) in [6, 6.07) is 5.78. The zero-order chi connectivity index (χ0) is 16.2. The van der Waals surface area contributed by atoms with Crippen molar-refractivity contribution in [3.05, 3.63) is 30.1 Å². The van der Waals surface area contributed by atoms with Gasteiger partial charge in [-0.2, -0.15) is 4.31 Å². The number of para-hydroxylation sites is 1. The molecule has 6 nitrogen and oxygen atoms in total. The fourth-order valence-electron chi connectivity index (χ4n) is 2.24. The van der Waals surface area contributed by atoms with Gasteiger partial charge in [0, 0.05) is 26.2 Å². The van der Waals surface area contributed by atoms with Gasteiger partial charge in [-0.15, -0.1) is 0 Å². The largest absolute Gasteiger partial charge is 0.323 e. The maximum atomic E-state index is 13.5. The fourth-order valence-corrected chi connectivity index (χ4v) is 3.97. The van der Waals surface area contributed by atoms with Crippen LogP contribution in [0.1, 0.15) is 6.92 Å². The van der Waals surface area contributed by atoms with Crippen molar-refractivity contribution < 1.29 is 17.6 Å². The number of amides is 1. The van der Waals surface area contributed by atoms with Crippen LogP contribution in [-0.4, -0.2) is 50.6 Å². The van der Waals surface area contributed by atoms with Gasteiger partial charge in [-0.3, -0.25) is 4.79 Å². The Bertz CT molecular complexity index is 630. The molecular weight excluding hydrogens is 309 g/mol. The van der Waals surface area contributed by atoms with Crippen LogP contribution < -0.4 is 10.6 Å². The van der Waals surface area contributed by atoms with Crippen LogP contribution in [0.2, 0.25) is 0 Å². The first kappa shape index (κ1) is 16.9. The summed E-state index contributed by atoms with van der Waals surface area (Å²) in [6.07, 6.45) is 0. The first-order valence-corrected chi connectivity index (χ1v) is 8.75. The Hall–Kier alpha value is -1.51. The molecule has 1 fully saturated rings. The second-order valence-electron chi connectivity index (χ2n) is 5.30. The third kappa shape index (κ3) is 4.25. The number of benzene rings is 1. The molecule has 0 bridgehead atoms. The number of nitrogens with zero attached hydrogens (tertiary/aromatic N) is 1. The van der Waals surface area contributed by atoms with Crippen molar-refractivity contribution in [3.63, 3.8) is 0 Å². The van der Waals surface area contributed by atoms with E-state index in [1.54, 1.807) is 6.07 Å². The molecule has 1 saturated heterocycles. The molecule has 22 heavy (non-hydrogen) atoms. The number of halogens is 1. The summed E-state index contributed by atoms with van der Waals surface area (Å²) in [7, 11) is -3.49. The number of carbonyl (C=O) groups excluding carboxylic acids is 1. The second-order valence-corrected chi connectivity index (χ2v) is 7.31. The lowest BCUT2D eigenvalue weighted by Gasteiger charge is -2.27. The van der Waals surface area contributed by atoms with Crippen LogP contribution in [0, 0.1) is 11.7 Å². The van der Waals surface area contributed by atoms with Crippen LogP contribution in [0.3, 0.4) is 0 Å². The molecule has 1 aliphatic heterocycles. The summed E-state index contributed by atoms with van der Waals surface area (Å²) in [5.41, 5.74) is 0.0546. The van der Waals surface area contributed by atoms with E-state index in [9.17, 15) is 17.6 Å². The number of nitrogens with one attached hydrogen (secondary N) is 2. The number of rotatable bonds is 5. The molecule has 8 heteroatoms. The Kier molecular flexibility index (Phi) is 5.49. The predicted octanol–water partition coefficient (Wildman–Crippen LogP) is 0.635. The van der Waals surface area contributed by atoms with Crippen molar-refractivity contribution in [2.45, 2.75) is 6.92 Å². The van der Waals surface area contributed by atoms with E-state index >= 15 is 0 Å². The topological polar surface area (TPSA) is 78.5 Å². The van der Waals surface area contributed by atoms with Gasteiger partial charge in [0.1, 0.15) is 5.82 Å². The lowest BCUT2D eigenvalue weighted by atomic mass is 10.2. The average molecular weight is 329 g/mol. The molecule has 1 aromatic rings. The Morgan fingerprint density at radius 3 is 2.64 bits per heavy atom. The Balaban J connectivity index is 1.97. The molecule has 2 N–H and O–H groups in total. The van der Waals surface area contributed by atoms with Gasteiger partial charge in [-0.25, -0.2) is 12.8 Å². The van der Waals surface area contributed by atoms with E-state index in [2.05, 4.69) is 10.6 Å². The third-order valence-electron chi connectivity index (χ3n) is 3.51. The van der Waals surface area contributed by atoms with Gasteiger partial charge in [0.2, 0.25) is 15.9 Å². The van der Waals surface area contributed by atoms with Crippen molar-refractivity contribution in [1.82, 2.24) is 9.62 Å². The molecule has 1 heterocycles. The quantitative estimate of drug-likeness (QED) is 0.831. The average Bonchev–Trinajstić information content (AvgIpc) is 2.50. The molecule has 1 aliphatic rings. The highest BCUT2D eigenvalue weighted by Gasteiger charge is 2.28. The molecule has 0 aromatic heterocycles. The molecular formula is C14H20FN3O3S. The molecule has 0 saturated carbocycles. The van der Waals surface area contributed by atoms with E-state index in [0.29, 0.717) is 26.2 Å². The molecule has 1 amide bonds. The molecule has 0 aliphatic carbocycles. The van der Waals surface area contributed by atoms with E-state index in [1.807, 2.05) is 0 Å². The summed E-state index contributed by atoms with van der Waals surface area (Å²) >= 11 is 0. The van der Waals surface area contributed by atoms with Gasteiger partial charge < -0.3 is 10.6 Å². The van der Waals surface area contributed by atoms with Crippen LogP contribution in [0.4, 0.5) is 10.1 Å². The number of hydrogen-bond acceptors (Lipinski definition) is 4. The van der Waals surface area contributed by atoms with Gasteiger partial charge in [-0.05, 0) is 12.1 Å². The summed E-state index contributed by atoms with van der Waals surface area (Å²) in [5.74, 6) is -2.11. The summed E-state index contributed by atoms with van der Waals surface area (Å²) in [4.78, 5) is 12.1. The summed E-state index contributed by atoms with van der Waals surface area (Å²) < 4.78 is 39.4. The minimum atomic E-state index is -3.49. The van der Waals surface area contributed by atoms with Crippen molar-refractivity contribution in [2.75, 3.05) is 37.2 Å². The maximum absolute atomic E-state index is 13.5. The SMILES string of the molecule is CC(CS(=O)(=O)N1CCNCC1)C(=O)Nc1ccccc1F. The molecule has 0 radical (unpaired) electrons. The first-order chi connectivity index (χ1) is 10.4. The number of anilines is 1. The molecule has 122 valence electrons. The van der Waals surface area contributed by atoms with Crippen molar-refractivity contribution in [2.24, 2.45) is 5.92 Å². The standard InChI is InChI=1S/C14H20FN3O3S/c1-11(10-22(20,21)18-8-6-16-7-9-18)14(19)17-13-5-3-2-4-12(13)15/h2-5,11,16H,6-10H2,1H3,(H,17,19). The predicted molar refractivity (Wildman–Crippen MR) is 82.4 cm³/mol. The molecule has 1 aromatic carbocycles. The highest BCUT2D eigenvalue weighted by Crippen LogP contribution is 2.15. The minimum Gasteiger partial charge on any atom is -0.323 e. The van der Waals surface area contributed by atoms with Crippen molar-refractivity contribution in [1.29, 1.82) is 0 Å². The van der Waals surface area contributed by atoms with Crippen molar-refractivity contribution >= 4 is 21.6 Å². The van der Waals surface area contributed by atoms with Gasteiger partial charge in [0.05, 0.1) is 17.4 Å². The summed E-state index contributed by atoms with van der Waals surface area (Å²) in [5, 5.41) is 5.50. The van der Waals surface area contributed by atoms with Gasteiger partial charge in [0.15, 0.2) is 0 Å². The van der Waals surface area contributed by atoms with E-state index < -0.39 is 27.7 Å². The van der Waals surface area contributed by atoms with Crippen LogP contribution in [0.15, 0.2) is 24.3 Å². The van der Waals surface area contributed by atoms with Gasteiger partial charge in [-0.1, -0.05) is 19.1 Å². The van der Waals surface area contributed by atoms with Crippen LogP contribution >= 0.6 is 0 Å². The molecule has 1 atom stereocenters. The Morgan fingerprint density at radius 1 is 1.36 bits per heavy atom. The van der Waals surface area contributed by atoms with Gasteiger partial charge in [0.25, 0.3) is 0 Å². The lowest BCUT2D eigenvalue weighted by molar-refractivity contribution is -0.118. The molecule has 2 rings (SSSR count). The molecule has 1 unspecified atom stereocenters. The smallest absolute Gasteiger partial charge is 0.228 e. The number of hydrogen-bond donors (Lipinski definition) is 2. The number of sulfonamides is 1. The summed E-state index contributed by atoms with van der Waals surface area (Å²) in [6.45, 7) is 3.55. The van der Waals surface area contributed by atoms with Gasteiger partial charge >= 0.3 is 0 Å². The monoisotopic (exact) mass is 329 g/mol. The Morgan fingerprint density at radius 2 is 2.00 bits per heavy atom. The van der Waals surface area contributed by atoms with E-state index in [4.69, 9.17) is 0 Å². The van der Waals surface area contributed by atoms with Crippen molar-refractivity contribution in [3.8, 4) is 0 Å². The zero-order valence-electron chi connectivity index (χ0n) is 12.4. The number of piperazine rings is 1. The second kappa shape index (κ2) is 7.17. The maximum Gasteiger partial charge on any atom is 0.228 e. The minimum absolute atomic E-state index is 0.0546. The Labute approximate surface area is 129 Å².